The molecule has 1 aliphatic heterocycles. The third kappa shape index (κ3) is 1.71. The van der Waals surface area contributed by atoms with Gasteiger partial charge in [-0.1, -0.05) is 0 Å². The first-order valence-corrected chi connectivity index (χ1v) is 4.78. The van der Waals surface area contributed by atoms with E-state index in [0.29, 0.717) is 5.95 Å². The minimum Gasteiger partial charge on any atom is -0.382 e. The monoisotopic (exact) mass is 198 g/mol. The molecule has 0 saturated carbocycles. The zero-order chi connectivity index (χ0) is 9.97. The van der Waals surface area contributed by atoms with Gasteiger partial charge < -0.3 is 20.3 Å². The Balaban J connectivity index is 2.08. The number of rotatable bonds is 3. The number of aromatic nitrogens is 2. The molecule has 0 aliphatic carbocycles. The second-order valence-corrected chi connectivity index (χ2v) is 3.38. The minimum atomic E-state index is -0.848. The Labute approximate surface area is 81.7 Å². The molecule has 1 aliphatic rings. The molecule has 0 amide bonds. The largest absolute Gasteiger partial charge is 0.382 e. The van der Waals surface area contributed by atoms with E-state index in [0.717, 1.165) is 25.9 Å². The maximum absolute atomic E-state index is 9.35. The van der Waals surface area contributed by atoms with Crippen molar-refractivity contribution in [3.63, 3.8) is 0 Å². The van der Waals surface area contributed by atoms with Crippen LogP contribution < -0.4 is 10.6 Å². The molecule has 6 nitrogen and oxygen atoms in total. The van der Waals surface area contributed by atoms with Gasteiger partial charge in [0.15, 0.2) is 0 Å². The topological polar surface area (TPSA) is 88.4 Å². The number of aliphatic hydroxyl groups is 1. The predicted octanol–water partition coefficient (Wildman–Crippen LogP) is -0.338. The molecule has 14 heavy (non-hydrogen) atoms. The summed E-state index contributed by atoms with van der Waals surface area (Å²) in [6.45, 7) is 2.01. The Kier molecular flexibility index (Phi) is 2.64. The third-order valence-corrected chi connectivity index (χ3v) is 2.33. The van der Waals surface area contributed by atoms with E-state index in [9.17, 15) is 5.11 Å². The Morgan fingerprint density at radius 2 is 2.21 bits per heavy atom. The smallest absolute Gasteiger partial charge is 0.266 e. The molecule has 0 aromatic carbocycles. The van der Waals surface area contributed by atoms with Crippen LogP contribution in [-0.4, -0.2) is 34.9 Å². The average molecular weight is 198 g/mol. The van der Waals surface area contributed by atoms with Crippen LogP contribution in [0.25, 0.3) is 0 Å². The van der Waals surface area contributed by atoms with E-state index in [1.54, 1.807) is 0 Å². The van der Waals surface area contributed by atoms with E-state index in [4.69, 9.17) is 10.3 Å². The quantitative estimate of drug-likeness (QED) is 0.691. The van der Waals surface area contributed by atoms with Gasteiger partial charge in [0.1, 0.15) is 6.10 Å². The van der Waals surface area contributed by atoms with Gasteiger partial charge in [0.05, 0.1) is 0 Å². The lowest BCUT2D eigenvalue weighted by Gasteiger charge is -2.09. The molecule has 1 saturated heterocycles. The first-order valence-electron chi connectivity index (χ1n) is 4.78. The standard InChI is InChI=1S/C8H14N4O2/c9-5-6(13)7-10-8(11-14-7)12-3-1-2-4-12/h6,13H,1-5,9H2/t6-/m0/s1. The first-order chi connectivity index (χ1) is 6.81. The van der Waals surface area contributed by atoms with Gasteiger partial charge >= 0.3 is 0 Å². The molecule has 1 aromatic rings. The Hall–Kier alpha value is -1.14. The van der Waals surface area contributed by atoms with E-state index < -0.39 is 6.10 Å². The lowest BCUT2D eigenvalue weighted by molar-refractivity contribution is 0.141. The van der Waals surface area contributed by atoms with Crippen LogP contribution in [0.5, 0.6) is 0 Å². The van der Waals surface area contributed by atoms with Crippen molar-refractivity contribution in [3.8, 4) is 0 Å². The molecule has 2 rings (SSSR count). The van der Waals surface area contributed by atoms with Crippen molar-refractivity contribution in [1.82, 2.24) is 10.1 Å². The van der Waals surface area contributed by atoms with Crippen LogP contribution in [0.15, 0.2) is 4.52 Å². The van der Waals surface area contributed by atoms with Crippen molar-refractivity contribution in [2.24, 2.45) is 5.73 Å². The van der Waals surface area contributed by atoms with Crippen LogP contribution in [0.2, 0.25) is 0 Å². The van der Waals surface area contributed by atoms with E-state index >= 15 is 0 Å². The van der Waals surface area contributed by atoms with Crippen LogP contribution in [0.3, 0.4) is 0 Å². The molecule has 78 valence electrons. The summed E-state index contributed by atoms with van der Waals surface area (Å²) in [7, 11) is 0. The summed E-state index contributed by atoms with van der Waals surface area (Å²) in [6, 6.07) is 0. The molecule has 3 N–H and O–H groups in total. The maximum atomic E-state index is 9.35. The van der Waals surface area contributed by atoms with Crippen LogP contribution in [0, 0.1) is 0 Å². The van der Waals surface area contributed by atoms with Crippen LogP contribution in [-0.2, 0) is 0 Å². The average Bonchev–Trinajstić information content (AvgIpc) is 2.86. The first kappa shape index (κ1) is 9.42. The number of aliphatic hydroxyl groups excluding tert-OH is 1. The fourth-order valence-corrected chi connectivity index (χ4v) is 1.51. The van der Waals surface area contributed by atoms with Gasteiger partial charge in [0, 0.05) is 19.6 Å². The highest BCUT2D eigenvalue weighted by Gasteiger charge is 2.20. The lowest BCUT2D eigenvalue weighted by atomic mass is 10.4. The van der Waals surface area contributed by atoms with Gasteiger partial charge in [0.25, 0.3) is 11.8 Å². The molecular weight excluding hydrogens is 184 g/mol. The second kappa shape index (κ2) is 3.93. The summed E-state index contributed by atoms with van der Waals surface area (Å²) in [5.74, 6) is 0.763. The molecule has 0 radical (unpaired) electrons. The molecular formula is C8H14N4O2. The van der Waals surface area contributed by atoms with Gasteiger partial charge in [-0.15, -0.1) is 0 Å². The number of hydrogen-bond donors (Lipinski definition) is 2. The van der Waals surface area contributed by atoms with E-state index in [1.165, 1.54) is 0 Å². The second-order valence-electron chi connectivity index (χ2n) is 3.38. The summed E-state index contributed by atoms with van der Waals surface area (Å²) >= 11 is 0. The molecule has 1 aromatic heterocycles. The van der Waals surface area contributed by atoms with Gasteiger partial charge in [-0.05, 0) is 18.0 Å². The van der Waals surface area contributed by atoms with Gasteiger partial charge in [0.2, 0.25) is 0 Å². The van der Waals surface area contributed by atoms with Crippen molar-refractivity contribution in [2.75, 3.05) is 24.5 Å². The summed E-state index contributed by atoms with van der Waals surface area (Å²) in [4.78, 5) is 6.12. The number of hydrogen-bond acceptors (Lipinski definition) is 6. The lowest BCUT2D eigenvalue weighted by Crippen LogP contribution is -2.19. The van der Waals surface area contributed by atoms with Gasteiger partial charge in [-0.25, -0.2) is 0 Å². The van der Waals surface area contributed by atoms with E-state index in [2.05, 4.69) is 10.1 Å². The highest BCUT2D eigenvalue weighted by molar-refractivity contribution is 5.29. The Morgan fingerprint density at radius 3 is 2.86 bits per heavy atom. The predicted molar refractivity (Wildman–Crippen MR) is 49.8 cm³/mol. The highest BCUT2D eigenvalue weighted by Crippen LogP contribution is 2.18. The zero-order valence-corrected chi connectivity index (χ0v) is 7.89. The molecule has 6 heteroatoms. The van der Waals surface area contributed by atoms with E-state index in [1.807, 2.05) is 4.90 Å². The SMILES string of the molecule is NC[C@H](O)c1nc(N2CCCC2)no1. The molecule has 1 fully saturated rings. The van der Waals surface area contributed by atoms with Crippen molar-refractivity contribution < 1.29 is 9.63 Å². The molecule has 0 spiro atoms. The van der Waals surface area contributed by atoms with Gasteiger partial charge in [-0.3, -0.25) is 0 Å². The summed E-state index contributed by atoms with van der Waals surface area (Å²) in [6.07, 6.45) is 1.46. The molecule has 0 unspecified atom stereocenters. The summed E-state index contributed by atoms with van der Waals surface area (Å²) in [5.41, 5.74) is 5.28. The van der Waals surface area contributed by atoms with Gasteiger partial charge in [-0.2, -0.15) is 4.98 Å². The minimum absolute atomic E-state index is 0.0988. The highest BCUT2D eigenvalue weighted by atomic mass is 16.5. The zero-order valence-electron chi connectivity index (χ0n) is 7.89. The van der Waals surface area contributed by atoms with Crippen molar-refractivity contribution >= 4 is 5.95 Å². The van der Waals surface area contributed by atoms with Crippen molar-refractivity contribution in [3.05, 3.63) is 5.89 Å². The molecule has 0 bridgehead atoms. The molecule has 2 heterocycles. The van der Waals surface area contributed by atoms with Crippen LogP contribution >= 0.6 is 0 Å². The number of nitrogens with zero attached hydrogens (tertiary/aromatic N) is 3. The van der Waals surface area contributed by atoms with Crippen molar-refractivity contribution in [1.29, 1.82) is 0 Å². The number of nitrogens with two attached hydrogens (primary N) is 1. The third-order valence-electron chi connectivity index (χ3n) is 2.33. The number of anilines is 1. The summed E-state index contributed by atoms with van der Waals surface area (Å²) in [5, 5.41) is 13.1. The van der Waals surface area contributed by atoms with Crippen LogP contribution in [0.1, 0.15) is 24.8 Å². The Bertz CT molecular complexity index is 295. The van der Waals surface area contributed by atoms with Crippen molar-refractivity contribution in [2.45, 2.75) is 18.9 Å². The Morgan fingerprint density at radius 1 is 1.50 bits per heavy atom. The van der Waals surface area contributed by atoms with E-state index in [-0.39, 0.29) is 12.4 Å². The fraction of sp³-hybridized carbons (Fsp3) is 0.750. The van der Waals surface area contributed by atoms with Crippen LogP contribution in [0.4, 0.5) is 5.95 Å². The molecule has 1 atom stereocenters. The maximum Gasteiger partial charge on any atom is 0.266 e. The normalized spacial score (nSPS) is 18.9. The fourth-order valence-electron chi connectivity index (χ4n) is 1.51. The summed E-state index contributed by atoms with van der Waals surface area (Å²) < 4.78 is 4.90.